The normalized spacial score (nSPS) is 12.6. The number of carboxylic acid groups (broad SMARTS) is 1. The lowest BCUT2D eigenvalue weighted by Crippen LogP contribution is -2.09. The van der Waals surface area contributed by atoms with E-state index < -0.39 is 11.9 Å². The Labute approximate surface area is 104 Å². The summed E-state index contributed by atoms with van der Waals surface area (Å²) in [5, 5.41) is 10.6. The Morgan fingerprint density at radius 1 is 1.41 bits per heavy atom. The molecular weight excluding hydrogens is 238 g/mol. The number of benzene rings is 1. The van der Waals surface area contributed by atoms with Crippen molar-refractivity contribution < 1.29 is 9.90 Å². The number of hydrogen-bond acceptors (Lipinski definition) is 2. The Balaban J connectivity index is 2.65. The molecule has 1 unspecified atom stereocenters. The minimum Gasteiger partial charge on any atom is -0.481 e. The van der Waals surface area contributed by atoms with Gasteiger partial charge < -0.3 is 5.11 Å². The van der Waals surface area contributed by atoms with Crippen LogP contribution < -0.4 is 0 Å². The second-order valence-corrected chi connectivity index (χ2v) is 4.52. The molecule has 0 bridgehead atoms. The summed E-state index contributed by atoms with van der Waals surface area (Å²) in [5.74, 6) is -1.49. The molecule has 88 valence electrons. The second kappa shape index (κ2) is 4.34. The summed E-state index contributed by atoms with van der Waals surface area (Å²) < 4.78 is 0. The van der Waals surface area contributed by atoms with E-state index in [1.807, 2.05) is 19.1 Å². The number of carbonyl (C=O) groups is 1. The summed E-state index contributed by atoms with van der Waals surface area (Å²) in [5.41, 5.74) is 2.31. The highest BCUT2D eigenvalue weighted by Gasteiger charge is 2.16. The number of hydrogen-bond donors (Lipinski definition) is 1. The van der Waals surface area contributed by atoms with Gasteiger partial charge in [0.05, 0.1) is 17.1 Å². The van der Waals surface area contributed by atoms with Crippen LogP contribution >= 0.6 is 11.6 Å². The largest absolute Gasteiger partial charge is 0.481 e. The molecule has 1 heterocycles. The van der Waals surface area contributed by atoms with Crippen molar-refractivity contribution in [1.29, 1.82) is 0 Å². The maximum absolute atomic E-state index is 10.9. The van der Waals surface area contributed by atoms with Gasteiger partial charge >= 0.3 is 5.97 Å². The van der Waals surface area contributed by atoms with Crippen molar-refractivity contribution in [1.82, 2.24) is 4.98 Å². The van der Waals surface area contributed by atoms with E-state index >= 15 is 0 Å². The molecule has 2 rings (SSSR count). The van der Waals surface area contributed by atoms with E-state index in [1.54, 1.807) is 19.1 Å². The number of carboxylic acids is 1. The monoisotopic (exact) mass is 249 g/mol. The van der Waals surface area contributed by atoms with Crippen molar-refractivity contribution in [2.75, 3.05) is 0 Å². The van der Waals surface area contributed by atoms with Crippen LogP contribution in [0, 0.1) is 6.92 Å². The predicted octanol–water partition coefficient (Wildman–Crippen LogP) is 3.38. The van der Waals surface area contributed by atoms with Crippen molar-refractivity contribution in [2.24, 2.45) is 0 Å². The van der Waals surface area contributed by atoms with E-state index in [9.17, 15) is 4.79 Å². The number of halogens is 1. The zero-order valence-electron chi connectivity index (χ0n) is 9.57. The fourth-order valence-electron chi connectivity index (χ4n) is 1.75. The van der Waals surface area contributed by atoms with Gasteiger partial charge in [0.1, 0.15) is 0 Å². The summed E-state index contributed by atoms with van der Waals surface area (Å²) in [6, 6.07) is 7.27. The standard InChI is InChI=1S/C13H12ClNO2/c1-7-5-11(8(2)13(16)17)15-12-6-9(14)3-4-10(7)12/h3-6,8H,1-2H3,(H,16,17). The van der Waals surface area contributed by atoms with Crippen LogP contribution in [0.1, 0.15) is 24.1 Å². The highest BCUT2D eigenvalue weighted by Crippen LogP contribution is 2.24. The molecule has 1 atom stereocenters. The third kappa shape index (κ3) is 2.24. The van der Waals surface area contributed by atoms with Crippen LogP contribution in [0.5, 0.6) is 0 Å². The molecule has 0 aliphatic rings. The van der Waals surface area contributed by atoms with Gasteiger partial charge in [0, 0.05) is 10.4 Å². The van der Waals surface area contributed by atoms with Crippen molar-refractivity contribution in [3.8, 4) is 0 Å². The van der Waals surface area contributed by atoms with Gasteiger partial charge in [0.2, 0.25) is 0 Å². The Hall–Kier alpha value is -1.61. The van der Waals surface area contributed by atoms with Gasteiger partial charge in [-0.2, -0.15) is 0 Å². The summed E-state index contributed by atoms with van der Waals surface area (Å²) >= 11 is 5.91. The van der Waals surface area contributed by atoms with E-state index in [1.165, 1.54) is 0 Å². The van der Waals surface area contributed by atoms with Crippen LogP contribution in [0.15, 0.2) is 24.3 Å². The molecule has 0 spiro atoms. The number of nitrogens with zero attached hydrogens (tertiary/aromatic N) is 1. The number of fused-ring (bicyclic) bond motifs is 1. The average molecular weight is 250 g/mol. The number of aliphatic carboxylic acids is 1. The van der Waals surface area contributed by atoms with Crippen molar-refractivity contribution in [3.05, 3.63) is 40.5 Å². The smallest absolute Gasteiger partial charge is 0.312 e. The first kappa shape index (κ1) is 11.9. The highest BCUT2D eigenvalue weighted by molar-refractivity contribution is 6.31. The van der Waals surface area contributed by atoms with E-state index in [0.717, 1.165) is 16.5 Å². The first-order valence-corrected chi connectivity index (χ1v) is 5.66. The molecule has 3 nitrogen and oxygen atoms in total. The lowest BCUT2D eigenvalue weighted by Gasteiger charge is -2.09. The zero-order chi connectivity index (χ0) is 12.6. The fraction of sp³-hybridized carbons (Fsp3) is 0.231. The van der Waals surface area contributed by atoms with E-state index in [-0.39, 0.29) is 0 Å². The molecule has 4 heteroatoms. The Morgan fingerprint density at radius 3 is 2.76 bits per heavy atom. The molecular formula is C13H12ClNO2. The van der Waals surface area contributed by atoms with Crippen molar-refractivity contribution >= 4 is 28.5 Å². The molecule has 0 aliphatic carbocycles. The van der Waals surface area contributed by atoms with E-state index in [2.05, 4.69) is 4.98 Å². The average Bonchev–Trinajstić information content (AvgIpc) is 2.27. The van der Waals surface area contributed by atoms with Crippen LogP contribution in [0.25, 0.3) is 10.9 Å². The van der Waals surface area contributed by atoms with E-state index in [0.29, 0.717) is 10.7 Å². The number of rotatable bonds is 2. The topological polar surface area (TPSA) is 50.2 Å². The molecule has 0 saturated heterocycles. The van der Waals surface area contributed by atoms with Crippen LogP contribution in [0.4, 0.5) is 0 Å². The van der Waals surface area contributed by atoms with Gasteiger partial charge in [-0.05, 0) is 37.6 Å². The second-order valence-electron chi connectivity index (χ2n) is 4.09. The predicted molar refractivity (Wildman–Crippen MR) is 67.5 cm³/mol. The Kier molecular flexibility index (Phi) is 3.03. The van der Waals surface area contributed by atoms with Gasteiger partial charge in [0.25, 0.3) is 0 Å². The van der Waals surface area contributed by atoms with Crippen LogP contribution in [0.2, 0.25) is 5.02 Å². The molecule has 0 radical (unpaired) electrons. The first-order chi connectivity index (χ1) is 7.99. The quantitative estimate of drug-likeness (QED) is 0.888. The lowest BCUT2D eigenvalue weighted by molar-refractivity contribution is -0.138. The SMILES string of the molecule is Cc1cc(C(C)C(=O)O)nc2cc(Cl)ccc12. The summed E-state index contributed by atoms with van der Waals surface area (Å²) in [6.07, 6.45) is 0. The van der Waals surface area contributed by atoms with Crippen molar-refractivity contribution in [2.45, 2.75) is 19.8 Å². The molecule has 17 heavy (non-hydrogen) atoms. The van der Waals surface area contributed by atoms with Crippen LogP contribution in [-0.4, -0.2) is 16.1 Å². The van der Waals surface area contributed by atoms with Gasteiger partial charge in [0.15, 0.2) is 0 Å². The zero-order valence-corrected chi connectivity index (χ0v) is 10.3. The minimum absolute atomic E-state index is 0.560. The van der Waals surface area contributed by atoms with E-state index in [4.69, 9.17) is 16.7 Å². The van der Waals surface area contributed by atoms with Gasteiger partial charge in [-0.15, -0.1) is 0 Å². The first-order valence-electron chi connectivity index (χ1n) is 5.28. The van der Waals surface area contributed by atoms with Crippen LogP contribution in [-0.2, 0) is 4.79 Å². The maximum Gasteiger partial charge on any atom is 0.312 e. The lowest BCUT2D eigenvalue weighted by atomic mass is 10.0. The Bertz CT molecular complexity index is 595. The third-order valence-electron chi connectivity index (χ3n) is 2.81. The molecule has 0 fully saturated rings. The highest BCUT2D eigenvalue weighted by atomic mass is 35.5. The number of aryl methyl sites for hydroxylation is 1. The Morgan fingerprint density at radius 2 is 2.12 bits per heavy atom. The van der Waals surface area contributed by atoms with Crippen molar-refractivity contribution in [3.63, 3.8) is 0 Å². The molecule has 0 amide bonds. The molecule has 1 N–H and O–H groups in total. The molecule has 1 aromatic carbocycles. The minimum atomic E-state index is -0.877. The maximum atomic E-state index is 10.9. The van der Waals surface area contributed by atoms with Crippen LogP contribution in [0.3, 0.4) is 0 Å². The molecule has 2 aromatic rings. The summed E-state index contributed by atoms with van der Waals surface area (Å²) in [4.78, 5) is 15.3. The number of pyridine rings is 1. The number of aromatic nitrogens is 1. The van der Waals surface area contributed by atoms with Gasteiger partial charge in [-0.25, -0.2) is 0 Å². The summed E-state index contributed by atoms with van der Waals surface area (Å²) in [6.45, 7) is 3.57. The summed E-state index contributed by atoms with van der Waals surface area (Å²) in [7, 11) is 0. The third-order valence-corrected chi connectivity index (χ3v) is 3.05. The van der Waals surface area contributed by atoms with Gasteiger partial charge in [-0.3, -0.25) is 9.78 Å². The van der Waals surface area contributed by atoms with Gasteiger partial charge in [-0.1, -0.05) is 17.7 Å². The fourth-order valence-corrected chi connectivity index (χ4v) is 1.92. The molecule has 0 saturated carbocycles. The molecule has 0 aliphatic heterocycles. The molecule has 1 aromatic heterocycles.